The first-order valence-electron chi connectivity index (χ1n) is 7.99. The number of carbonyl (C=O) groups excluding carboxylic acids is 1. The number of esters is 1. The molecule has 1 fully saturated rings. The van der Waals surface area contributed by atoms with Crippen molar-refractivity contribution in [3.63, 3.8) is 0 Å². The van der Waals surface area contributed by atoms with Crippen LogP contribution in [0, 0.1) is 0 Å². The quantitative estimate of drug-likeness (QED) is 0.836. The molecule has 3 rings (SSSR count). The number of pyridine rings is 1. The number of imidazole rings is 1. The molecule has 0 aliphatic carbocycles. The largest absolute Gasteiger partial charge is 0.466 e. The second-order valence-corrected chi connectivity index (χ2v) is 6.06. The zero-order valence-corrected chi connectivity index (χ0v) is 13.9. The second-order valence-electron chi connectivity index (χ2n) is 6.06. The summed E-state index contributed by atoms with van der Waals surface area (Å²) >= 11 is 0. The standard InChI is InChI=1S/C16H23N5O2/c1-4-23-15(22)9-13-17-12-5-6-14(19-16(12)18-13)21-8-7-11(10-21)20(2)3/h5-6,11H,4,7-10H2,1-3H3,(H,17,18,19). The Hall–Kier alpha value is -2.15. The zero-order chi connectivity index (χ0) is 16.4. The molecule has 124 valence electrons. The van der Waals surface area contributed by atoms with Crippen molar-refractivity contribution < 1.29 is 9.53 Å². The molecule has 0 spiro atoms. The smallest absolute Gasteiger partial charge is 0.313 e. The van der Waals surface area contributed by atoms with Gasteiger partial charge in [-0.05, 0) is 39.6 Å². The van der Waals surface area contributed by atoms with Crippen molar-refractivity contribution in [2.45, 2.75) is 25.8 Å². The Morgan fingerprint density at radius 2 is 2.26 bits per heavy atom. The monoisotopic (exact) mass is 317 g/mol. The lowest BCUT2D eigenvalue weighted by Gasteiger charge is -2.20. The maximum Gasteiger partial charge on any atom is 0.313 e. The van der Waals surface area contributed by atoms with Crippen molar-refractivity contribution in [3.8, 4) is 0 Å². The summed E-state index contributed by atoms with van der Waals surface area (Å²) in [5, 5.41) is 0. The Balaban J connectivity index is 1.76. The highest BCUT2D eigenvalue weighted by atomic mass is 16.5. The summed E-state index contributed by atoms with van der Waals surface area (Å²) in [7, 11) is 4.22. The van der Waals surface area contributed by atoms with Crippen LogP contribution in [0.2, 0.25) is 0 Å². The molecule has 1 aliphatic rings. The number of nitrogens with one attached hydrogen (secondary N) is 1. The number of fused-ring (bicyclic) bond motifs is 1. The highest BCUT2D eigenvalue weighted by Crippen LogP contribution is 2.22. The highest BCUT2D eigenvalue weighted by Gasteiger charge is 2.25. The van der Waals surface area contributed by atoms with Gasteiger partial charge in [0.15, 0.2) is 5.65 Å². The van der Waals surface area contributed by atoms with E-state index >= 15 is 0 Å². The van der Waals surface area contributed by atoms with Gasteiger partial charge in [0.25, 0.3) is 0 Å². The summed E-state index contributed by atoms with van der Waals surface area (Å²) in [5.74, 6) is 1.26. The Morgan fingerprint density at radius 3 is 2.96 bits per heavy atom. The van der Waals surface area contributed by atoms with Crippen LogP contribution >= 0.6 is 0 Å². The molecule has 0 radical (unpaired) electrons. The van der Waals surface area contributed by atoms with Crippen LogP contribution in [-0.4, -0.2) is 65.7 Å². The Morgan fingerprint density at radius 1 is 1.43 bits per heavy atom. The van der Waals surface area contributed by atoms with Gasteiger partial charge in [-0.3, -0.25) is 4.79 Å². The molecule has 2 aromatic heterocycles. The molecule has 23 heavy (non-hydrogen) atoms. The average Bonchev–Trinajstić information content (AvgIpc) is 3.12. The number of carbonyl (C=O) groups is 1. The van der Waals surface area contributed by atoms with Crippen LogP contribution in [0.5, 0.6) is 0 Å². The number of nitrogens with zero attached hydrogens (tertiary/aromatic N) is 4. The van der Waals surface area contributed by atoms with E-state index in [4.69, 9.17) is 4.74 Å². The summed E-state index contributed by atoms with van der Waals surface area (Å²) in [4.78, 5) is 28.3. The van der Waals surface area contributed by atoms with E-state index in [9.17, 15) is 4.79 Å². The van der Waals surface area contributed by atoms with Gasteiger partial charge in [0.2, 0.25) is 0 Å². The number of hydrogen-bond donors (Lipinski definition) is 1. The first kappa shape index (κ1) is 15.7. The molecule has 1 unspecified atom stereocenters. The Bertz CT molecular complexity index is 697. The molecule has 0 aromatic carbocycles. The van der Waals surface area contributed by atoms with E-state index in [1.54, 1.807) is 6.92 Å². The Labute approximate surface area is 135 Å². The van der Waals surface area contributed by atoms with Gasteiger partial charge < -0.3 is 19.5 Å². The van der Waals surface area contributed by atoms with Crippen LogP contribution in [0.4, 0.5) is 5.82 Å². The van der Waals surface area contributed by atoms with E-state index in [2.05, 4.69) is 38.8 Å². The number of anilines is 1. The van der Waals surface area contributed by atoms with E-state index in [-0.39, 0.29) is 12.4 Å². The number of rotatable bonds is 5. The minimum Gasteiger partial charge on any atom is -0.466 e. The van der Waals surface area contributed by atoms with Gasteiger partial charge in [0, 0.05) is 19.1 Å². The lowest BCUT2D eigenvalue weighted by atomic mass is 10.2. The van der Waals surface area contributed by atoms with Crippen LogP contribution in [0.1, 0.15) is 19.2 Å². The zero-order valence-electron chi connectivity index (χ0n) is 13.9. The van der Waals surface area contributed by atoms with E-state index in [0.717, 1.165) is 30.8 Å². The Kier molecular flexibility index (Phi) is 4.47. The normalized spacial score (nSPS) is 18.1. The SMILES string of the molecule is CCOC(=O)Cc1nc2nc(N3CCC(N(C)C)C3)ccc2[nH]1. The van der Waals surface area contributed by atoms with Gasteiger partial charge in [-0.1, -0.05) is 0 Å². The van der Waals surface area contributed by atoms with Crippen molar-refractivity contribution in [2.24, 2.45) is 0 Å². The molecular formula is C16H23N5O2. The average molecular weight is 317 g/mol. The van der Waals surface area contributed by atoms with Gasteiger partial charge >= 0.3 is 5.97 Å². The molecule has 1 atom stereocenters. The minimum atomic E-state index is -0.278. The third-order valence-corrected chi connectivity index (χ3v) is 4.22. The maximum atomic E-state index is 11.5. The lowest BCUT2D eigenvalue weighted by molar-refractivity contribution is -0.142. The summed E-state index contributed by atoms with van der Waals surface area (Å²) in [6.45, 7) is 4.15. The van der Waals surface area contributed by atoms with Crippen molar-refractivity contribution in [3.05, 3.63) is 18.0 Å². The van der Waals surface area contributed by atoms with Crippen LogP contribution in [0.25, 0.3) is 11.2 Å². The summed E-state index contributed by atoms with van der Waals surface area (Å²) < 4.78 is 4.95. The molecular weight excluding hydrogens is 294 g/mol. The van der Waals surface area contributed by atoms with Crippen molar-refractivity contribution in [1.29, 1.82) is 0 Å². The fourth-order valence-electron chi connectivity index (χ4n) is 2.91. The molecule has 7 heteroatoms. The molecule has 0 amide bonds. The fourth-order valence-corrected chi connectivity index (χ4v) is 2.91. The number of aromatic amines is 1. The molecule has 2 aromatic rings. The molecule has 1 aliphatic heterocycles. The van der Waals surface area contributed by atoms with Gasteiger partial charge in [-0.25, -0.2) is 9.97 Å². The topological polar surface area (TPSA) is 74.3 Å². The van der Waals surface area contributed by atoms with Gasteiger partial charge in [-0.2, -0.15) is 0 Å². The summed E-state index contributed by atoms with van der Waals surface area (Å²) in [5.41, 5.74) is 1.49. The fraction of sp³-hybridized carbons (Fsp3) is 0.562. The maximum absolute atomic E-state index is 11.5. The molecule has 0 bridgehead atoms. The minimum absolute atomic E-state index is 0.145. The number of H-pyrrole nitrogens is 1. The highest BCUT2D eigenvalue weighted by molar-refractivity contribution is 5.76. The molecule has 7 nitrogen and oxygen atoms in total. The second kappa shape index (κ2) is 6.54. The van der Waals surface area contributed by atoms with E-state index < -0.39 is 0 Å². The van der Waals surface area contributed by atoms with Gasteiger partial charge in [-0.15, -0.1) is 0 Å². The van der Waals surface area contributed by atoms with E-state index in [1.165, 1.54) is 0 Å². The first-order chi connectivity index (χ1) is 11.1. The molecule has 3 heterocycles. The van der Waals surface area contributed by atoms with Crippen molar-refractivity contribution in [1.82, 2.24) is 19.9 Å². The van der Waals surface area contributed by atoms with Crippen LogP contribution in [0.3, 0.4) is 0 Å². The van der Waals surface area contributed by atoms with Crippen molar-refractivity contribution in [2.75, 3.05) is 38.7 Å². The third kappa shape index (κ3) is 3.44. The molecule has 1 saturated heterocycles. The van der Waals surface area contributed by atoms with E-state index in [1.807, 2.05) is 12.1 Å². The van der Waals surface area contributed by atoms with Crippen LogP contribution in [-0.2, 0) is 16.0 Å². The predicted octanol–water partition coefficient (Wildman–Crippen LogP) is 1.20. The summed E-state index contributed by atoms with van der Waals surface area (Å²) in [6, 6.07) is 4.54. The third-order valence-electron chi connectivity index (χ3n) is 4.22. The number of aromatic nitrogens is 3. The van der Waals surface area contributed by atoms with Crippen LogP contribution in [0.15, 0.2) is 12.1 Å². The first-order valence-corrected chi connectivity index (χ1v) is 7.99. The lowest BCUT2D eigenvalue weighted by Crippen LogP contribution is -2.31. The van der Waals surface area contributed by atoms with E-state index in [0.29, 0.717) is 24.1 Å². The number of ether oxygens (including phenoxy) is 1. The van der Waals surface area contributed by atoms with Crippen LogP contribution < -0.4 is 4.90 Å². The summed E-state index contributed by atoms with van der Waals surface area (Å²) in [6.07, 6.45) is 1.29. The number of likely N-dealkylation sites (N-methyl/N-ethyl adjacent to an activating group) is 1. The van der Waals surface area contributed by atoms with Gasteiger partial charge in [0.1, 0.15) is 18.1 Å². The predicted molar refractivity (Wildman–Crippen MR) is 88.5 cm³/mol. The molecule has 1 N–H and O–H groups in total. The molecule has 0 saturated carbocycles. The van der Waals surface area contributed by atoms with Gasteiger partial charge in [0.05, 0.1) is 12.1 Å². The van der Waals surface area contributed by atoms with Crippen molar-refractivity contribution >= 4 is 23.0 Å². The number of hydrogen-bond acceptors (Lipinski definition) is 6.